The molecule has 0 amide bonds. The Morgan fingerprint density at radius 2 is 2.23 bits per heavy atom. The monoisotopic (exact) mass is 295 g/mol. The summed E-state index contributed by atoms with van der Waals surface area (Å²) in [5, 5.41) is 1.00. The van der Waals surface area contributed by atoms with Crippen molar-refractivity contribution in [2.45, 2.75) is 13.5 Å². The number of hydrogen-bond acceptors (Lipinski definition) is 3. The number of aromatic nitrogens is 1. The van der Waals surface area contributed by atoms with Gasteiger partial charge in [-0.05, 0) is 30.2 Å². The number of methoxy groups -OCH3 is 1. The van der Waals surface area contributed by atoms with E-state index in [0.29, 0.717) is 18.1 Å². The van der Waals surface area contributed by atoms with Gasteiger partial charge in [0.15, 0.2) is 0 Å². The van der Waals surface area contributed by atoms with E-state index in [-0.39, 0.29) is 5.56 Å². The number of pyridine rings is 1. The lowest BCUT2D eigenvalue weighted by molar-refractivity contribution is 0.206. The third-order valence-corrected chi connectivity index (χ3v) is 3.91. The summed E-state index contributed by atoms with van der Waals surface area (Å²) in [6, 6.07) is 5.45. The molecule has 1 aliphatic heterocycles. The number of aryl methyl sites for hydroxylation is 1. The van der Waals surface area contributed by atoms with E-state index in [1.807, 2.05) is 19.1 Å². The second-order valence-electron chi connectivity index (χ2n) is 5.19. The lowest BCUT2D eigenvalue weighted by atomic mass is 9.91. The summed E-state index contributed by atoms with van der Waals surface area (Å²) < 4.78 is 11.1. The van der Waals surface area contributed by atoms with Crippen LogP contribution in [0.4, 0.5) is 0 Å². The van der Waals surface area contributed by atoms with E-state index in [4.69, 9.17) is 9.47 Å². The minimum absolute atomic E-state index is 0.106. The Bertz CT molecular complexity index is 887. The summed E-state index contributed by atoms with van der Waals surface area (Å²) in [5.41, 5.74) is 4.43. The molecular weight excluding hydrogens is 278 g/mol. The lowest BCUT2D eigenvalue weighted by Crippen LogP contribution is -2.12. The molecule has 0 spiro atoms. The zero-order chi connectivity index (χ0) is 15.9. The van der Waals surface area contributed by atoms with Gasteiger partial charge in [0.25, 0.3) is 0 Å². The summed E-state index contributed by atoms with van der Waals surface area (Å²) in [6.07, 6.45) is 1.66. The molecule has 0 fully saturated rings. The zero-order valence-corrected chi connectivity index (χ0v) is 12.7. The van der Waals surface area contributed by atoms with Crippen LogP contribution in [0, 0.1) is 6.92 Å². The van der Waals surface area contributed by atoms with Gasteiger partial charge in [0.2, 0.25) is 5.56 Å². The first-order valence-corrected chi connectivity index (χ1v) is 6.95. The molecule has 1 aliphatic rings. The third kappa shape index (κ3) is 2.04. The third-order valence-electron chi connectivity index (χ3n) is 3.91. The Hall–Kier alpha value is -2.75. The predicted molar refractivity (Wildman–Crippen MR) is 87.4 cm³/mol. The second kappa shape index (κ2) is 5.22. The van der Waals surface area contributed by atoms with Crippen molar-refractivity contribution in [2.24, 2.45) is 0 Å². The summed E-state index contributed by atoms with van der Waals surface area (Å²) in [5.74, 6) is 1.18. The highest BCUT2D eigenvalue weighted by atomic mass is 16.5. The number of aromatic amines is 1. The standard InChI is InChI=1S/C18H17NO3/c1-5-15-18(11(3)21-4)12-6-7-14-17(13(12)9-22-15)10(2)8-16(20)19-14/h5-8H,1,3,9H2,2,4H3,(H,19,20). The van der Waals surface area contributed by atoms with Crippen LogP contribution in [-0.2, 0) is 16.1 Å². The van der Waals surface area contributed by atoms with Crippen LogP contribution in [0.3, 0.4) is 0 Å². The molecule has 0 saturated heterocycles. The lowest BCUT2D eigenvalue weighted by Gasteiger charge is -2.25. The second-order valence-corrected chi connectivity index (χ2v) is 5.19. The number of H-pyrrole nitrogens is 1. The topological polar surface area (TPSA) is 51.3 Å². The van der Waals surface area contributed by atoms with E-state index >= 15 is 0 Å². The number of rotatable bonds is 3. The number of benzene rings is 1. The largest absolute Gasteiger partial charge is 0.497 e. The number of ether oxygens (including phenoxy) is 2. The summed E-state index contributed by atoms with van der Waals surface area (Å²) in [6.45, 7) is 10.1. The fourth-order valence-corrected chi connectivity index (χ4v) is 2.93. The molecule has 0 aliphatic carbocycles. The minimum atomic E-state index is -0.106. The molecule has 4 heteroatoms. The normalized spacial score (nSPS) is 13.5. The smallest absolute Gasteiger partial charge is 0.248 e. The van der Waals surface area contributed by atoms with Crippen molar-refractivity contribution in [2.75, 3.05) is 7.11 Å². The van der Waals surface area contributed by atoms with E-state index in [9.17, 15) is 4.79 Å². The molecule has 22 heavy (non-hydrogen) atoms. The quantitative estimate of drug-likeness (QED) is 0.883. The first kappa shape index (κ1) is 14.2. The molecule has 1 aromatic carbocycles. The maximum atomic E-state index is 11.6. The molecule has 112 valence electrons. The molecule has 0 bridgehead atoms. The summed E-state index contributed by atoms with van der Waals surface area (Å²) >= 11 is 0. The van der Waals surface area contributed by atoms with Crippen molar-refractivity contribution >= 4 is 16.5 Å². The molecule has 0 saturated carbocycles. The van der Waals surface area contributed by atoms with Crippen LogP contribution in [0.1, 0.15) is 16.7 Å². The van der Waals surface area contributed by atoms with E-state index in [0.717, 1.165) is 33.2 Å². The maximum absolute atomic E-state index is 11.6. The molecule has 1 aromatic heterocycles. The molecule has 0 atom stereocenters. The fourth-order valence-electron chi connectivity index (χ4n) is 2.93. The van der Waals surface area contributed by atoms with Crippen molar-refractivity contribution in [1.82, 2.24) is 4.98 Å². The molecule has 2 heterocycles. The molecule has 0 radical (unpaired) electrons. The van der Waals surface area contributed by atoms with Crippen LogP contribution >= 0.6 is 0 Å². The fraction of sp³-hybridized carbons (Fsp3) is 0.167. The maximum Gasteiger partial charge on any atom is 0.248 e. The van der Waals surface area contributed by atoms with E-state index in [1.165, 1.54) is 0 Å². The Labute approximate surface area is 128 Å². The average molecular weight is 295 g/mol. The molecule has 1 N–H and O–H groups in total. The Morgan fingerprint density at radius 3 is 2.91 bits per heavy atom. The van der Waals surface area contributed by atoms with Crippen LogP contribution in [0.5, 0.6) is 0 Å². The predicted octanol–water partition coefficient (Wildman–Crippen LogP) is 3.42. The van der Waals surface area contributed by atoms with Crippen LogP contribution < -0.4 is 5.56 Å². The van der Waals surface area contributed by atoms with Gasteiger partial charge in [0.1, 0.15) is 18.1 Å². The highest BCUT2D eigenvalue weighted by Crippen LogP contribution is 2.38. The van der Waals surface area contributed by atoms with Gasteiger partial charge in [-0.3, -0.25) is 4.79 Å². The van der Waals surface area contributed by atoms with Gasteiger partial charge in [0, 0.05) is 22.5 Å². The summed E-state index contributed by atoms with van der Waals surface area (Å²) in [7, 11) is 1.58. The number of hydrogen-bond donors (Lipinski definition) is 1. The minimum Gasteiger partial charge on any atom is -0.497 e. The van der Waals surface area contributed by atoms with Crippen molar-refractivity contribution in [1.29, 1.82) is 0 Å². The van der Waals surface area contributed by atoms with Gasteiger partial charge < -0.3 is 14.5 Å². The molecular formula is C18H17NO3. The van der Waals surface area contributed by atoms with Gasteiger partial charge in [-0.1, -0.05) is 19.2 Å². The van der Waals surface area contributed by atoms with Gasteiger partial charge in [0.05, 0.1) is 12.7 Å². The molecule has 2 aromatic rings. The first-order chi connectivity index (χ1) is 10.6. The highest BCUT2D eigenvalue weighted by Gasteiger charge is 2.24. The number of allylic oxidation sites excluding steroid dienone is 2. The van der Waals surface area contributed by atoms with Gasteiger partial charge >= 0.3 is 0 Å². The van der Waals surface area contributed by atoms with Crippen LogP contribution in [0.2, 0.25) is 0 Å². The van der Waals surface area contributed by atoms with Crippen LogP contribution in [0.15, 0.2) is 53.7 Å². The Kier molecular flexibility index (Phi) is 3.37. The summed E-state index contributed by atoms with van der Waals surface area (Å²) in [4.78, 5) is 14.5. The average Bonchev–Trinajstić information content (AvgIpc) is 2.51. The Morgan fingerprint density at radius 1 is 1.45 bits per heavy atom. The van der Waals surface area contributed by atoms with Crippen molar-refractivity contribution in [3.05, 3.63) is 76.0 Å². The van der Waals surface area contributed by atoms with E-state index in [2.05, 4.69) is 18.1 Å². The van der Waals surface area contributed by atoms with Crippen LogP contribution in [0.25, 0.3) is 16.5 Å². The van der Waals surface area contributed by atoms with E-state index in [1.54, 1.807) is 19.3 Å². The molecule has 3 rings (SSSR count). The molecule has 0 unspecified atom stereocenters. The zero-order valence-electron chi connectivity index (χ0n) is 12.7. The Balaban J connectivity index is 2.38. The van der Waals surface area contributed by atoms with E-state index < -0.39 is 0 Å². The number of fused-ring (bicyclic) bond motifs is 3. The van der Waals surface area contributed by atoms with Gasteiger partial charge in [-0.25, -0.2) is 0 Å². The van der Waals surface area contributed by atoms with Gasteiger partial charge in [-0.2, -0.15) is 0 Å². The van der Waals surface area contributed by atoms with Crippen molar-refractivity contribution in [3.63, 3.8) is 0 Å². The first-order valence-electron chi connectivity index (χ1n) is 6.95. The van der Waals surface area contributed by atoms with Gasteiger partial charge in [-0.15, -0.1) is 0 Å². The number of nitrogens with one attached hydrogen (secondary N) is 1. The highest BCUT2D eigenvalue weighted by molar-refractivity contribution is 5.93. The van der Waals surface area contributed by atoms with Crippen LogP contribution in [-0.4, -0.2) is 12.1 Å². The molecule has 4 nitrogen and oxygen atoms in total. The SMILES string of the molecule is C=CC1=C(C(=C)OC)c2ccc3[nH]c(=O)cc(C)c3c2CO1. The van der Waals surface area contributed by atoms with Crippen molar-refractivity contribution < 1.29 is 9.47 Å². The van der Waals surface area contributed by atoms with Crippen molar-refractivity contribution in [3.8, 4) is 0 Å².